The molecule has 0 aliphatic carbocycles. The number of carboxylic acid groups (broad SMARTS) is 1. The molecular weight excluding hydrogens is 389 g/mol. The van der Waals surface area contributed by atoms with Crippen LogP contribution in [0.5, 0.6) is 0 Å². The maximum atomic E-state index is 12.4. The van der Waals surface area contributed by atoms with Crippen molar-refractivity contribution in [3.8, 4) is 0 Å². The molecule has 3 rings (SSSR count). The quantitative estimate of drug-likeness (QED) is 0.833. The van der Waals surface area contributed by atoms with E-state index in [0.717, 1.165) is 36.7 Å². The van der Waals surface area contributed by atoms with E-state index in [1.54, 1.807) is 0 Å². The Morgan fingerprint density at radius 2 is 1.79 bits per heavy atom. The molecule has 158 valence electrons. The van der Waals surface area contributed by atoms with Crippen LogP contribution in [0.25, 0.3) is 0 Å². The van der Waals surface area contributed by atoms with Gasteiger partial charge in [0.15, 0.2) is 0 Å². The lowest BCUT2D eigenvalue weighted by Crippen LogP contribution is -2.39. The van der Waals surface area contributed by atoms with E-state index < -0.39 is 12.1 Å². The van der Waals surface area contributed by atoms with E-state index >= 15 is 0 Å². The summed E-state index contributed by atoms with van der Waals surface area (Å²) in [5.74, 6) is -1.59. The van der Waals surface area contributed by atoms with Gasteiger partial charge < -0.3 is 19.5 Å². The molecule has 0 unspecified atom stereocenters. The molecule has 0 saturated carbocycles. The van der Waals surface area contributed by atoms with Crippen LogP contribution in [0.2, 0.25) is 0 Å². The zero-order chi connectivity index (χ0) is 21.6. The third-order valence-electron chi connectivity index (χ3n) is 4.12. The molecule has 0 atom stereocenters. The zero-order valence-electron chi connectivity index (χ0n) is 16.2. The van der Waals surface area contributed by atoms with Gasteiger partial charge in [-0.1, -0.05) is 30.3 Å². The normalized spacial score (nSPS) is 13.5. The Balaban J connectivity index is 0.000000370. The molecule has 29 heavy (non-hydrogen) atoms. The smallest absolute Gasteiger partial charge is 0.475 e. The molecule has 1 aromatic heterocycles. The summed E-state index contributed by atoms with van der Waals surface area (Å²) in [5, 5.41) is 7.12. The van der Waals surface area contributed by atoms with Gasteiger partial charge in [0.2, 0.25) is 5.91 Å². The van der Waals surface area contributed by atoms with Crippen molar-refractivity contribution in [1.29, 1.82) is 0 Å². The molecule has 2 heterocycles. The number of carbonyl (C=O) groups is 2. The Labute approximate surface area is 166 Å². The first-order chi connectivity index (χ1) is 13.6. The van der Waals surface area contributed by atoms with Crippen LogP contribution in [0.15, 0.2) is 36.5 Å². The Kier molecular flexibility index (Phi) is 7.38. The average Bonchev–Trinajstić information content (AvgIpc) is 3.02. The van der Waals surface area contributed by atoms with Crippen LogP contribution < -0.4 is 0 Å². The fraction of sp³-hybridized carbons (Fsp3) is 0.421. The molecule has 0 spiro atoms. The van der Waals surface area contributed by atoms with Gasteiger partial charge in [-0.3, -0.25) is 4.79 Å². The minimum Gasteiger partial charge on any atom is -0.475 e. The molecule has 1 aliphatic rings. The van der Waals surface area contributed by atoms with E-state index in [0.29, 0.717) is 13.0 Å². The number of imidazole rings is 1. The number of benzene rings is 1. The van der Waals surface area contributed by atoms with Crippen molar-refractivity contribution in [3.05, 3.63) is 53.6 Å². The monoisotopic (exact) mass is 412 g/mol. The molecule has 1 aliphatic heterocycles. The average molecular weight is 412 g/mol. The summed E-state index contributed by atoms with van der Waals surface area (Å²) < 4.78 is 33.9. The molecular formula is C19H23F3N4O3. The predicted octanol–water partition coefficient (Wildman–Crippen LogP) is 2.16. The van der Waals surface area contributed by atoms with Crippen molar-refractivity contribution in [2.24, 2.45) is 0 Å². The highest BCUT2D eigenvalue weighted by Crippen LogP contribution is 2.15. The number of alkyl halides is 3. The molecule has 10 heteroatoms. The van der Waals surface area contributed by atoms with Gasteiger partial charge in [-0.25, -0.2) is 9.78 Å². The number of hydrogen-bond donors (Lipinski definition) is 1. The highest BCUT2D eigenvalue weighted by Gasteiger charge is 2.38. The van der Waals surface area contributed by atoms with Crippen LogP contribution >= 0.6 is 0 Å². The lowest BCUT2D eigenvalue weighted by molar-refractivity contribution is -0.192. The van der Waals surface area contributed by atoms with Gasteiger partial charge in [0, 0.05) is 25.8 Å². The number of carboxylic acids is 1. The molecule has 0 bridgehead atoms. The number of nitrogens with zero attached hydrogens (tertiary/aromatic N) is 4. The molecule has 0 saturated heterocycles. The third kappa shape index (κ3) is 6.90. The Morgan fingerprint density at radius 1 is 1.17 bits per heavy atom. The molecule has 2 aromatic rings. The number of hydrogen-bond acceptors (Lipinski definition) is 4. The van der Waals surface area contributed by atoms with Crippen molar-refractivity contribution in [2.45, 2.75) is 32.2 Å². The number of carbonyl (C=O) groups excluding carboxylic acids is 1. The van der Waals surface area contributed by atoms with E-state index in [1.807, 2.05) is 49.3 Å². The maximum Gasteiger partial charge on any atom is 0.490 e. The van der Waals surface area contributed by atoms with Gasteiger partial charge in [0.05, 0.1) is 18.7 Å². The van der Waals surface area contributed by atoms with Crippen molar-refractivity contribution in [3.63, 3.8) is 0 Å². The van der Waals surface area contributed by atoms with Gasteiger partial charge in [-0.15, -0.1) is 0 Å². The number of aromatic nitrogens is 2. The highest BCUT2D eigenvalue weighted by atomic mass is 19.4. The van der Waals surface area contributed by atoms with E-state index in [4.69, 9.17) is 9.90 Å². The van der Waals surface area contributed by atoms with Gasteiger partial charge in [0.25, 0.3) is 0 Å². The fourth-order valence-corrected chi connectivity index (χ4v) is 2.81. The minimum atomic E-state index is -5.08. The summed E-state index contributed by atoms with van der Waals surface area (Å²) in [6, 6.07) is 9.91. The van der Waals surface area contributed by atoms with E-state index in [2.05, 4.69) is 20.6 Å². The third-order valence-corrected chi connectivity index (χ3v) is 4.12. The first kappa shape index (κ1) is 22.4. The molecule has 1 N–H and O–H groups in total. The Hall–Kier alpha value is -2.88. The first-order valence-electron chi connectivity index (χ1n) is 8.87. The maximum absolute atomic E-state index is 12.4. The van der Waals surface area contributed by atoms with Gasteiger partial charge >= 0.3 is 12.1 Å². The summed E-state index contributed by atoms with van der Waals surface area (Å²) in [6.45, 7) is 3.03. The van der Waals surface area contributed by atoms with Crippen LogP contribution in [0.4, 0.5) is 13.2 Å². The summed E-state index contributed by atoms with van der Waals surface area (Å²) in [6.07, 6.45) is -2.51. The highest BCUT2D eigenvalue weighted by molar-refractivity contribution is 5.78. The van der Waals surface area contributed by atoms with Crippen LogP contribution in [0.3, 0.4) is 0 Å². The predicted molar refractivity (Wildman–Crippen MR) is 98.9 cm³/mol. The summed E-state index contributed by atoms with van der Waals surface area (Å²) in [4.78, 5) is 30.0. The number of rotatable bonds is 4. The second-order valence-electron chi connectivity index (χ2n) is 6.86. The second-order valence-corrected chi connectivity index (χ2v) is 6.86. The van der Waals surface area contributed by atoms with Crippen molar-refractivity contribution in [1.82, 2.24) is 19.4 Å². The van der Waals surface area contributed by atoms with Gasteiger partial charge in [0.1, 0.15) is 5.82 Å². The summed E-state index contributed by atoms with van der Waals surface area (Å²) in [7, 11) is 4.07. The zero-order valence-corrected chi connectivity index (χ0v) is 16.2. The lowest BCUT2D eigenvalue weighted by Gasteiger charge is -2.27. The van der Waals surface area contributed by atoms with E-state index in [1.165, 1.54) is 0 Å². The molecule has 0 radical (unpaired) electrons. The van der Waals surface area contributed by atoms with Gasteiger partial charge in [-0.05, 0) is 19.7 Å². The number of aliphatic carboxylic acids is 1. The minimum absolute atomic E-state index is 0.176. The Bertz CT molecular complexity index is 835. The number of fused-ring (bicyclic) bond motifs is 1. The SMILES string of the molecule is CN(C)Cc1cn2c(n1)CN(C(=O)Cc1ccccc1)CC2.O=C(O)C(F)(F)F. The largest absolute Gasteiger partial charge is 0.490 e. The summed E-state index contributed by atoms with van der Waals surface area (Å²) in [5.41, 5.74) is 2.13. The van der Waals surface area contributed by atoms with Crippen LogP contribution in [-0.2, 0) is 35.6 Å². The first-order valence-corrected chi connectivity index (χ1v) is 8.87. The molecule has 0 fully saturated rings. The van der Waals surface area contributed by atoms with E-state index in [9.17, 15) is 18.0 Å². The number of halogens is 3. The molecule has 1 amide bonds. The lowest BCUT2D eigenvalue weighted by atomic mass is 10.1. The van der Waals surface area contributed by atoms with Gasteiger partial charge in [-0.2, -0.15) is 13.2 Å². The fourth-order valence-electron chi connectivity index (χ4n) is 2.81. The molecule has 7 nitrogen and oxygen atoms in total. The van der Waals surface area contributed by atoms with Crippen molar-refractivity contribution in [2.75, 3.05) is 20.6 Å². The van der Waals surface area contributed by atoms with Crippen LogP contribution in [-0.4, -0.2) is 63.2 Å². The van der Waals surface area contributed by atoms with Crippen LogP contribution in [0.1, 0.15) is 17.1 Å². The summed E-state index contributed by atoms with van der Waals surface area (Å²) >= 11 is 0. The topological polar surface area (TPSA) is 78.7 Å². The van der Waals surface area contributed by atoms with E-state index in [-0.39, 0.29) is 5.91 Å². The second kappa shape index (κ2) is 9.55. The Morgan fingerprint density at radius 3 is 2.34 bits per heavy atom. The van der Waals surface area contributed by atoms with Crippen LogP contribution in [0, 0.1) is 0 Å². The number of amides is 1. The molecule has 1 aromatic carbocycles. The standard InChI is InChI=1S/C17H22N4O.C2HF3O2/c1-19(2)11-15-12-20-8-9-21(13-16(20)18-15)17(22)10-14-6-4-3-5-7-14;3-2(4,5)1(6)7/h3-7,12H,8-11,13H2,1-2H3;(H,6,7). The van der Waals surface area contributed by atoms with Crippen molar-refractivity contribution >= 4 is 11.9 Å². The van der Waals surface area contributed by atoms with Crippen molar-refractivity contribution < 1.29 is 27.9 Å².